The van der Waals surface area contributed by atoms with E-state index in [-0.39, 0.29) is 11.7 Å². The van der Waals surface area contributed by atoms with Crippen molar-refractivity contribution < 1.29 is 9.18 Å². The van der Waals surface area contributed by atoms with E-state index in [0.29, 0.717) is 23.6 Å². The van der Waals surface area contributed by atoms with Crippen molar-refractivity contribution in [3.8, 4) is 0 Å². The van der Waals surface area contributed by atoms with Gasteiger partial charge in [-0.2, -0.15) is 0 Å². The first-order valence-electron chi connectivity index (χ1n) is 7.97. The Kier molecular flexibility index (Phi) is 4.72. The van der Waals surface area contributed by atoms with Gasteiger partial charge in [-0.3, -0.25) is 4.79 Å². The molecule has 2 aromatic rings. The molecule has 0 bridgehead atoms. The lowest BCUT2D eigenvalue weighted by Crippen LogP contribution is -2.23. The number of aryl methyl sites for hydroxylation is 1. The average molecular weight is 312 g/mol. The summed E-state index contributed by atoms with van der Waals surface area (Å²) in [6.45, 7) is 4.12. The van der Waals surface area contributed by atoms with Gasteiger partial charge in [0.2, 0.25) is 0 Å². The van der Waals surface area contributed by atoms with Crippen LogP contribution in [0.4, 0.5) is 4.39 Å². The zero-order chi connectivity index (χ0) is 16.2. The molecule has 3 rings (SSSR count). The van der Waals surface area contributed by atoms with Crippen LogP contribution in [0.25, 0.3) is 0 Å². The second kappa shape index (κ2) is 6.92. The van der Waals surface area contributed by atoms with Crippen molar-refractivity contribution in [2.24, 2.45) is 0 Å². The Morgan fingerprint density at radius 3 is 2.91 bits per heavy atom. The number of amides is 1. The SMILES string of the molecule is Cc1cc(CNC(=O)c2cccc(C3CCNC3)c2)ccc1F. The molecule has 1 aliphatic rings. The standard InChI is InChI=1S/C19H21FN2O/c1-13-9-14(5-6-18(13)20)11-22-19(23)16-4-2-3-15(10-16)17-7-8-21-12-17/h2-6,9-10,17,21H,7-8,11-12H2,1H3,(H,22,23). The fourth-order valence-corrected chi connectivity index (χ4v) is 2.97. The largest absolute Gasteiger partial charge is 0.348 e. The first-order chi connectivity index (χ1) is 11.1. The van der Waals surface area contributed by atoms with E-state index in [1.807, 2.05) is 18.2 Å². The lowest BCUT2D eigenvalue weighted by Gasteiger charge is -2.11. The maximum absolute atomic E-state index is 13.3. The van der Waals surface area contributed by atoms with Crippen LogP contribution in [0, 0.1) is 12.7 Å². The molecule has 1 saturated heterocycles. The molecule has 1 aliphatic heterocycles. The Hall–Kier alpha value is -2.20. The molecule has 1 fully saturated rings. The zero-order valence-electron chi connectivity index (χ0n) is 13.2. The highest BCUT2D eigenvalue weighted by Gasteiger charge is 2.17. The Labute approximate surface area is 135 Å². The van der Waals surface area contributed by atoms with E-state index < -0.39 is 0 Å². The molecule has 0 aromatic heterocycles. The minimum Gasteiger partial charge on any atom is -0.348 e. The topological polar surface area (TPSA) is 41.1 Å². The highest BCUT2D eigenvalue weighted by Crippen LogP contribution is 2.23. The van der Waals surface area contributed by atoms with Crippen molar-refractivity contribution in [3.63, 3.8) is 0 Å². The highest BCUT2D eigenvalue weighted by molar-refractivity contribution is 5.94. The Bertz CT molecular complexity index is 708. The monoisotopic (exact) mass is 312 g/mol. The summed E-state index contributed by atoms with van der Waals surface area (Å²) in [6, 6.07) is 12.7. The number of rotatable bonds is 4. The average Bonchev–Trinajstić information content (AvgIpc) is 3.10. The summed E-state index contributed by atoms with van der Waals surface area (Å²) in [6.07, 6.45) is 1.11. The molecule has 23 heavy (non-hydrogen) atoms. The van der Waals surface area contributed by atoms with Gasteiger partial charge in [0.1, 0.15) is 5.82 Å². The molecule has 1 heterocycles. The Morgan fingerprint density at radius 1 is 1.30 bits per heavy atom. The van der Waals surface area contributed by atoms with Crippen molar-refractivity contribution in [2.45, 2.75) is 25.8 Å². The summed E-state index contributed by atoms with van der Waals surface area (Å²) >= 11 is 0. The van der Waals surface area contributed by atoms with E-state index in [1.54, 1.807) is 19.1 Å². The van der Waals surface area contributed by atoms with Crippen molar-refractivity contribution in [1.29, 1.82) is 0 Å². The molecule has 2 aromatic carbocycles. The van der Waals surface area contributed by atoms with Gasteiger partial charge >= 0.3 is 0 Å². The van der Waals surface area contributed by atoms with Crippen LogP contribution in [0.15, 0.2) is 42.5 Å². The van der Waals surface area contributed by atoms with Gasteiger partial charge in [0.25, 0.3) is 5.91 Å². The Balaban J connectivity index is 1.65. The third-order valence-electron chi connectivity index (χ3n) is 4.36. The second-order valence-corrected chi connectivity index (χ2v) is 6.08. The van der Waals surface area contributed by atoms with Gasteiger partial charge in [0.15, 0.2) is 0 Å². The third kappa shape index (κ3) is 3.77. The van der Waals surface area contributed by atoms with Crippen LogP contribution in [-0.2, 0) is 6.54 Å². The fraction of sp³-hybridized carbons (Fsp3) is 0.316. The minimum absolute atomic E-state index is 0.0974. The van der Waals surface area contributed by atoms with Gasteiger partial charge in [-0.05, 0) is 60.7 Å². The molecule has 120 valence electrons. The molecule has 1 amide bonds. The van der Waals surface area contributed by atoms with Gasteiger partial charge < -0.3 is 10.6 Å². The van der Waals surface area contributed by atoms with Crippen molar-refractivity contribution >= 4 is 5.91 Å². The molecule has 0 aliphatic carbocycles. The van der Waals surface area contributed by atoms with Crippen molar-refractivity contribution in [3.05, 3.63) is 70.5 Å². The van der Waals surface area contributed by atoms with E-state index in [0.717, 1.165) is 25.1 Å². The molecule has 0 spiro atoms. The van der Waals surface area contributed by atoms with Crippen LogP contribution in [0.5, 0.6) is 0 Å². The maximum Gasteiger partial charge on any atom is 0.251 e. The summed E-state index contributed by atoms with van der Waals surface area (Å²) in [4.78, 5) is 12.3. The van der Waals surface area contributed by atoms with Gasteiger partial charge in [-0.25, -0.2) is 4.39 Å². The summed E-state index contributed by atoms with van der Waals surface area (Å²) in [5.41, 5.74) is 3.37. The molecule has 0 radical (unpaired) electrons. The van der Waals surface area contributed by atoms with Crippen LogP contribution in [0.2, 0.25) is 0 Å². The molecule has 3 nitrogen and oxygen atoms in total. The molecular formula is C19H21FN2O. The number of carbonyl (C=O) groups excluding carboxylic acids is 1. The summed E-state index contributed by atoms with van der Waals surface area (Å²) in [5, 5.41) is 6.25. The maximum atomic E-state index is 13.3. The minimum atomic E-state index is -0.224. The van der Waals surface area contributed by atoms with E-state index in [1.165, 1.54) is 11.6 Å². The van der Waals surface area contributed by atoms with Crippen LogP contribution in [0.1, 0.15) is 39.4 Å². The highest BCUT2D eigenvalue weighted by atomic mass is 19.1. The van der Waals surface area contributed by atoms with Crippen LogP contribution in [0.3, 0.4) is 0 Å². The van der Waals surface area contributed by atoms with E-state index in [9.17, 15) is 9.18 Å². The zero-order valence-corrected chi connectivity index (χ0v) is 13.2. The molecular weight excluding hydrogens is 291 g/mol. The first-order valence-corrected chi connectivity index (χ1v) is 7.97. The number of carbonyl (C=O) groups is 1. The van der Waals surface area contributed by atoms with Gasteiger partial charge in [-0.15, -0.1) is 0 Å². The number of halogens is 1. The lowest BCUT2D eigenvalue weighted by atomic mass is 9.96. The van der Waals surface area contributed by atoms with Crippen LogP contribution >= 0.6 is 0 Å². The van der Waals surface area contributed by atoms with E-state index in [4.69, 9.17) is 0 Å². The summed E-state index contributed by atoms with van der Waals surface area (Å²) < 4.78 is 13.3. The summed E-state index contributed by atoms with van der Waals surface area (Å²) in [5.74, 6) is 0.167. The smallest absolute Gasteiger partial charge is 0.251 e. The number of benzene rings is 2. The van der Waals surface area contributed by atoms with Crippen molar-refractivity contribution in [2.75, 3.05) is 13.1 Å². The Morgan fingerprint density at radius 2 is 2.17 bits per heavy atom. The fourth-order valence-electron chi connectivity index (χ4n) is 2.97. The third-order valence-corrected chi connectivity index (χ3v) is 4.36. The molecule has 0 saturated carbocycles. The van der Waals surface area contributed by atoms with Crippen LogP contribution in [-0.4, -0.2) is 19.0 Å². The van der Waals surface area contributed by atoms with Crippen LogP contribution < -0.4 is 10.6 Å². The van der Waals surface area contributed by atoms with Crippen molar-refractivity contribution in [1.82, 2.24) is 10.6 Å². The second-order valence-electron chi connectivity index (χ2n) is 6.08. The molecule has 1 atom stereocenters. The molecule has 1 unspecified atom stereocenters. The summed E-state index contributed by atoms with van der Waals surface area (Å²) in [7, 11) is 0. The van der Waals surface area contributed by atoms with E-state index >= 15 is 0 Å². The number of hydrogen-bond acceptors (Lipinski definition) is 2. The number of hydrogen-bond donors (Lipinski definition) is 2. The van der Waals surface area contributed by atoms with Gasteiger partial charge in [-0.1, -0.05) is 24.3 Å². The van der Waals surface area contributed by atoms with Gasteiger partial charge in [0.05, 0.1) is 0 Å². The van der Waals surface area contributed by atoms with Gasteiger partial charge in [0, 0.05) is 18.7 Å². The predicted octanol–water partition coefficient (Wildman–Crippen LogP) is 3.14. The lowest BCUT2D eigenvalue weighted by molar-refractivity contribution is 0.0951. The molecule has 4 heteroatoms. The first kappa shape index (κ1) is 15.7. The normalized spacial score (nSPS) is 17.2. The van der Waals surface area contributed by atoms with E-state index in [2.05, 4.69) is 16.7 Å². The quantitative estimate of drug-likeness (QED) is 0.910. The molecule has 2 N–H and O–H groups in total. The predicted molar refractivity (Wildman–Crippen MR) is 89.0 cm³/mol. The number of nitrogens with one attached hydrogen (secondary N) is 2.